The molecule has 0 aliphatic carbocycles. The summed E-state index contributed by atoms with van der Waals surface area (Å²) in [6.07, 6.45) is 13.0. The Balaban J connectivity index is 1.51. The van der Waals surface area contributed by atoms with E-state index in [4.69, 9.17) is 9.97 Å². The number of piperidine rings is 1. The molecule has 1 fully saturated rings. The third-order valence-corrected chi connectivity index (χ3v) is 5.10. The summed E-state index contributed by atoms with van der Waals surface area (Å²) < 4.78 is 0. The standard InChI is InChI=1S/C21H20N6/c1-2-10-27(11-3-1)19-5-4-16(12-23-19)17-13-24-21-20(17)26-18(14-25-21)15-6-8-22-9-7-15/h4-9,12-14H,1-3,10-11H2,(H,24,25). The van der Waals surface area contributed by atoms with Crippen LogP contribution >= 0.6 is 0 Å². The quantitative estimate of drug-likeness (QED) is 0.599. The predicted molar refractivity (Wildman–Crippen MR) is 106 cm³/mol. The molecule has 0 saturated carbocycles. The minimum absolute atomic E-state index is 0.780. The molecule has 0 amide bonds. The molecule has 0 atom stereocenters. The zero-order valence-corrected chi connectivity index (χ0v) is 15.0. The summed E-state index contributed by atoms with van der Waals surface area (Å²) in [7, 11) is 0. The molecule has 0 aromatic carbocycles. The molecule has 4 aromatic rings. The average molecular weight is 356 g/mol. The molecule has 134 valence electrons. The van der Waals surface area contributed by atoms with Gasteiger partial charge in [0.1, 0.15) is 11.3 Å². The van der Waals surface area contributed by atoms with Gasteiger partial charge in [-0.3, -0.25) is 4.98 Å². The molecule has 6 nitrogen and oxygen atoms in total. The maximum absolute atomic E-state index is 4.83. The zero-order chi connectivity index (χ0) is 18.1. The van der Waals surface area contributed by atoms with Gasteiger partial charge >= 0.3 is 0 Å². The van der Waals surface area contributed by atoms with Gasteiger partial charge in [-0.1, -0.05) is 0 Å². The number of pyridine rings is 2. The van der Waals surface area contributed by atoms with Gasteiger partial charge in [0.05, 0.1) is 11.9 Å². The second kappa shape index (κ2) is 6.79. The van der Waals surface area contributed by atoms with Crippen LogP contribution in [0.25, 0.3) is 33.5 Å². The van der Waals surface area contributed by atoms with Crippen molar-refractivity contribution in [2.75, 3.05) is 18.0 Å². The third-order valence-electron chi connectivity index (χ3n) is 5.10. The zero-order valence-electron chi connectivity index (χ0n) is 15.0. The van der Waals surface area contributed by atoms with Gasteiger partial charge < -0.3 is 9.88 Å². The van der Waals surface area contributed by atoms with Gasteiger partial charge in [0.25, 0.3) is 0 Å². The van der Waals surface area contributed by atoms with Crippen LogP contribution in [0.1, 0.15) is 19.3 Å². The molecule has 6 heteroatoms. The Bertz CT molecular complexity index is 1050. The van der Waals surface area contributed by atoms with Crippen LogP contribution in [0.2, 0.25) is 0 Å². The summed E-state index contributed by atoms with van der Waals surface area (Å²) in [5, 5.41) is 0. The molecule has 4 aromatic heterocycles. The van der Waals surface area contributed by atoms with Gasteiger partial charge in [0.15, 0.2) is 5.65 Å². The lowest BCUT2D eigenvalue weighted by Gasteiger charge is -2.27. The van der Waals surface area contributed by atoms with E-state index in [2.05, 4.69) is 32.0 Å². The molecule has 1 aliphatic heterocycles. The maximum atomic E-state index is 4.83. The average Bonchev–Trinajstić information content (AvgIpc) is 3.18. The van der Waals surface area contributed by atoms with E-state index < -0.39 is 0 Å². The van der Waals surface area contributed by atoms with Crippen molar-refractivity contribution in [1.82, 2.24) is 24.9 Å². The first kappa shape index (κ1) is 15.9. The van der Waals surface area contributed by atoms with Crippen molar-refractivity contribution < 1.29 is 0 Å². The fourth-order valence-electron chi connectivity index (χ4n) is 3.63. The van der Waals surface area contributed by atoms with E-state index >= 15 is 0 Å². The molecule has 0 bridgehead atoms. The Morgan fingerprint density at radius 1 is 0.852 bits per heavy atom. The number of H-pyrrole nitrogens is 1. The minimum atomic E-state index is 0.780. The van der Waals surface area contributed by atoms with Crippen molar-refractivity contribution in [3.05, 3.63) is 55.2 Å². The molecular weight excluding hydrogens is 336 g/mol. The van der Waals surface area contributed by atoms with Crippen molar-refractivity contribution in [3.63, 3.8) is 0 Å². The van der Waals surface area contributed by atoms with Crippen LogP contribution in [0.5, 0.6) is 0 Å². The molecular formula is C21H20N6. The lowest BCUT2D eigenvalue weighted by Crippen LogP contribution is -2.29. The Labute approximate surface area is 157 Å². The SMILES string of the molecule is c1cc(-c2cnc3[nH]cc(-c4ccc(N5CCCCC5)nc4)c3n2)ccn1. The molecule has 0 radical (unpaired) electrons. The minimum Gasteiger partial charge on any atom is -0.357 e. The number of aromatic nitrogens is 5. The van der Waals surface area contributed by atoms with Crippen molar-refractivity contribution >= 4 is 17.0 Å². The van der Waals surface area contributed by atoms with E-state index in [1.807, 2.05) is 24.5 Å². The van der Waals surface area contributed by atoms with Crippen LogP contribution in [0, 0.1) is 0 Å². The molecule has 1 N–H and O–H groups in total. The Morgan fingerprint density at radius 3 is 2.48 bits per heavy atom. The third kappa shape index (κ3) is 3.03. The summed E-state index contributed by atoms with van der Waals surface area (Å²) in [4.78, 5) is 23.7. The Kier molecular flexibility index (Phi) is 4.01. The summed E-state index contributed by atoms with van der Waals surface area (Å²) in [6.45, 7) is 2.19. The van der Waals surface area contributed by atoms with Crippen LogP contribution in [0.3, 0.4) is 0 Å². The smallest absolute Gasteiger partial charge is 0.156 e. The molecule has 1 saturated heterocycles. The van der Waals surface area contributed by atoms with E-state index in [1.54, 1.807) is 18.6 Å². The van der Waals surface area contributed by atoms with Crippen LogP contribution in [-0.2, 0) is 0 Å². The maximum Gasteiger partial charge on any atom is 0.156 e. The highest BCUT2D eigenvalue weighted by molar-refractivity contribution is 5.91. The molecule has 5 heterocycles. The fourth-order valence-corrected chi connectivity index (χ4v) is 3.63. The van der Waals surface area contributed by atoms with Gasteiger partial charge in [-0.15, -0.1) is 0 Å². The lowest BCUT2D eigenvalue weighted by molar-refractivity contribution is 0.573. The van der Waals surface area contributed by atoms with Gasteiger partial charge in [-0.2, -0.15) is 0 Å². The Morgan fingerprint density at radius 2 is 1.70 bits per heavy atom. The van der Waals surface area contributed by atoms with Crippen LogP contribution < -0.4 is 4.90 Å². The Hall–Kier alpha value is -3.28. The summed E-state index contributed by atoms with van der Waals surface area (Å²) in [5.74, 6) is 1.06. The number of aromatic amines is 1. The normalized spacial score (nSPS) is 14.6. The second-order valence-electron chi connectivity index (χ2n) is 6.84. The molecule has 5 rings (SSSR count). The van der Waals surface area contributed by atoms with Gasteiger partial charge in [0, 0.05) is 54.6 Å². The van der Waals surface area contributed by atoms with Gasteiger partial charge in [-0.05, 0) is 43.5 Å². The largest absolute Gasteiger partial charge is 0.357 e. The molecule has 1 aliphatic rings. The van der Waals surface area contributed by atoms with Crippen LogP contribution in [0.4, 0.5) is 5.82 Å². The van der Waals surface area contributed by atoms with Crippen molar-refractivity contribution in [1.29, 1.82) is 0 Å². The highest BCUT2D eigenvalue weighted by Gasteiger charge is 2.14. The monoisotopic (exact) mass is 356 g/mol. The summed E-state index contributed by atoms with van der Waals surface area (Å²) in [5.41, 5.74) is 5.54. The fraction of sp³-hybridized carbons (Fsp3) is 0.238. The predicted octanol–water partition coefficient (Wildman–Crippen LogP) is 4.07. The lowest BCUT2D eigenvalue weighted by atomic mass is 10.1. The van der Waals surface area contributed by atoms with E-state index in [0.29, 0.717) is 0 Å². The van der Waals surface area contributed by atoms with E-state index in [9.17, 15) is 0 Å². The number of fused-ring (bicyclic) bond motifs is 1. The first-order chi connectivity index (χ1) is 13.4. The number of nitrogens with one attached hydrogen (secondary N) is 1. The topological polar surface area (TPSA) is 70.6 Å². The molecule has 0 unspecified atom stereocenters. The van der Waals surface area contributed by atoms with E-state index in [1.165, 1.54) is 19.3 Å². The van der Waals surface area contributed by atoms with Gasteiger partial charge in [-0.25, -0.2) is 15.0 Å². The van der Waals surface area contributed by atoms with Crippen LogP contribution in [0.15, 0.2) is 55.2 Å². The second-order valence-corrected chi connectivity index (χ2v) is 6.84. The summed E-state index contributed by atoms with van der Waals surface area (Å²) >= 11 is 0. The van der Waals surface area contributed by atoms with Gasteiger partial charge in [0.2, 0.25) is 0 Å². The van der Waals surface area contributed by atoms with E-state index in [-0.39, 0.29) is 0 Å². The highest BCUT2D eigenvalue weighted by Crippen LogP contribution is 2.29. The number of anilines is 1. The van der Waals surface area contributed by atoms with Crippen molar-refractivity contribution in [3.8, 4) is 22.4 Å². The molecule has 0 spiro atoms. The van der Waals surface area contributed by atoms with E-state index in [0.717, 1.165) is 52.5 Å². The number of rotatable bonds is 3. The first-order valence-corrected chi connectivity index (χ1v) is 9.34. The summed E-state index contributed by atoms with van der Waals surface area (Å²) in [6, 6.07) is 8.12. The van der Waals surface area contributed by atoms with Crippen LogP contribution in [-0.4, -0.2) is 38.0 Å². The number of hydrogen-bond acceptors (Lipinski definition) is 5. The van der Waals surface area contributed by atoms with Crippen molar-refractivity contribution in [2.24, 2.45) is 0 Å². The highest BCUT2D eigenvalue weighted by atomic mass is 15.2. The number of hydrogen-bond donors (Lipinski definition) is 1. The van der Waals surface area contributed by atoms with Crippen molar-refractivity contribution in [2.45, 2.75) is 19.3 Å². The number of nitrogens with zero attached hydrogens (tertiary/aromatic N) is 5. The first-order valence-electron chi connectivity index (χ1n) is 9.34. The molecule has 27 heavy (non-hydrogen) atoms.